The molecule has 2 aliphatic rings. The number of urea groups is 1. The number of amides is 4. The van der Waals surface area contributed by atoms with Gasteiger partial charge < -0.3 is 20.7 Å². The molecule has 3 N–H and O–H groups in total. The van der Waals surface area contributed by atoms with Crippen molar-refractivity contribution >= 4 is 56.5 Å². The summed E-state index contributed by atoms with van der Waals surface area (Å²) in [6, 6.07) is 12.7. The van der Waals surface area contributed by atoms with Gasteiger partial charge in [0.05, 0.1) is 28.6 Å². The molecule has 220 valence electrons. The molecule has 0 bridgehead atoms. The summed E-state index contributed by atoms with van der Waals surface area (Å²) in [5, 5.41) is 9.74. The number of carbonyl (C=O) groups is 3. The monoisotopic (exact) mass is 588 g/mol. The maximum Gasteiger partial charge on any atom is 0.331 e. The molecule has 42 heavy (non-hydrogen) atoms. The number of carbonyl (C=O) groups excluding carboxylic acids is 3. The minimum Gasteiger partial charge on any atom is -0.439 e. The van der Waals surface area contributed by atoms with Crippen molar-refractivity contribution in [1.82, 2.24) is 20.6 Å². The second kappa shape index (κ2) is 12.6. The lowest BCUT2D eigenvalue weighted by Crippen LogP contribution is -2.43. The first kappa shape index (κ1) is 30.4. The van der Waals surface area contributed by atoms with Crippen molar-refractivity contribution in [1.29, 1.82) is 0 Å². The number of para-hydroxylation sites is 1. The zero-order valence-corrected chi connectivity index (χ0v) is 22.9. The van der Waals surface area contributed by atoms with Crippen molar-refractivity contribution in [3.63, 3.8) is 0 Å². The number of aryl methyl sites for hydroxylation is 1. The minimum absolute atomic E-state index is 0. The second-order valence-electron chi connectivity index (χ2n) is 10.0. The van der Waals surface area contributed by atoms with Gasteiger partial charge in [-0.25, -0.2) is 14.8 Å². The first-order valence-corrected chi connectivity index (χ1v) is 14.0. The molecule has 10 nitrogen and oxygen atoms in total. The van der Waals surface area contributed by atoms with E-state index in [9.17, 15) is 14.4 Å². The van der Waals surface area contributed by atoms with Crippen LogP contribution in [0, 0.1) is 6.92 Å². The smallest absolute Gasteiger partial charge is 0.331 e. The number of ether oxygens (including phenoxy) is 1. The van der Waals surface area contributed by atoms with Gasteiger partial charge in [0.2, 0.25) is 11.8 Å². The number of rotatable bonds is 6. The fourth-order valence-corrected chi connectivity index (χ4v) is 6.35. The number of anilines is 3. The van der Waals surface area contributed by atoms with Crippen molar-refractivity contribution in [3.8, 4) is 11.6 Å². The fourth-order valence-electron chi connectivity index (χ4n) is 5.33. The van der Waals surface area contributed by atoms with Crippen molar-refractivity contribution in [3.05, 3.63) is 65.3 Å². The average Bonchev–Trinajstić information content (AvgIpc) is 3.30. The highest BCUT2D eigenvalue weighted by atomic mass is 32.1. The Morgan fingerprint density at radius 3 is 2.36 bits per heavy atom. The molecule has 0 atom stereocenters. The minimum atomic E-state index is -0.384. The van der Waals surface area contributed by atoms with Crippen LogP contribution in [0.25, 0.3) is 10.2 Å². The normalized spacial score (nSPS) is 17.4. The molecule has 0 radical (unpaired) electrons. The predicted octanol–water partition coefficient (Wildman–Crippen LogP) is 6.92. The van der Waals surface area contributed by atoms with Gasteiger partial charge in [-0.1, -0.05) is 33.1 Å². The van der Waals surface area contributed by atoms with Gasteiger partial charge in [-0.15, -0.1) is 11.3 Å². The summed E-state index contributed by atoms with van der Waals surface area (Å²) in [6.07, 6.45) is 6.42. The van der Waals surface area contributed by atoms with Crippen molar-refractivity contribution in [2.45, 2.75) is 66.5 Å². The Balaban J connectivity index is 0.00000202. The average molecular weight is 589 g/mol. The van der Waals surface area contributed by atoms with Crippen LogP contribution in [0.4, 0.5) is 21.9 Å². The van der Waals surface area contributed by atoms with Gasteiger partial charge in [-0.05, 0) is 56.4 Å². The molecule has 1 fully saturated rings. The summed E-state index contributed by atoms with van der Waals surface area (Å²) in [7, 11) is 0. The van der Waals surface area contributed by atoms with E-state index in [2.05, 4.69) is 25.9 Å². The third kappa shape index (κ3) is 5.91. The summed E-state index contributed by atoms with van der Waals surface area (Å²) in [5.74, 6) is 0.822. The van der Waals surface area contributed by atoms with Gasteiger partial charge in [0.15, 0.2) is 0 Å². The molecule has 4 heterocycles. The van der Waals surface area contributed by atoms with Crippen LogP contribution in [0.1, 0.15) is 62.7 Å². The van der Waals surface area contributed by atoms with Crippen LogP contribution in [-0.2, 0) is 4.79 Å². The number of pyridine rings is 2. The first-order valence-electron chi connectivity index (χ1n) is 13.2. The first-order chi connectivity index (χ1) is 19.4. The molecular formula is C31H36N6O4S. The van der Waals surface area contributed by atoms with Crippen LogP contribution >= 0.6 is 11.3 Å². The molecule has 6 rings (SSSR count). The van der Waals surface area contributed by atoms with Crippen molar-refractivity contribution in [2.75, 3.05) is 10.2 Å². The van der Waals surface area contributed by atoms with E-state index < -0.39 is 0 Å². The van der Waals surface area contributed by atoms with E-state index in [0.29, 0.717) is 38.4 Å². The Kier molecular flexibility index (Phi) is 9.11. The Hall–Kier alpha value is -4.51. The summed E-state index contributed by atoms with van der Waals surface area (Å²) in [5.41, 5.74) is 2.51. The van der Waals surface area contributed by atoms with Crippen molar-refractivity contribution in [2.24, 2.45) is 0 Å². The molecule has 0 unspecified atom stereocenters. The highest BCUT2D eigenvalue weighted by Crippen LogP contribution is 2.46. The zero-order chi connectivity index (χ0) is 27.8. The third-order valence-electron chi connectivity index (χ3n) is 7.19. The third-order valence-corrected chi connectivity index (χ3v) is 8.28. The second-order valence-corrected chi connectivity index (χ2v) is 11.0. The summed E-state index contributed by atoms with van der Waals surface area (Å²) >= 11 is 1.26. The SMILES string of the molecule is C.C.CC(=O)NC1CCC(NC(=O)c2sc3nccc4c3c2NC(=O)N4c2cnc(Oc3ccccc3)cc2C)CC1. The van der Waals surface area contributed by atoms with Crippen LogP contribution in [0.2, 0.25) is 0 Å². The fraction of sp³-hybridized carbons (Fsp3) is 0.323. The summed E-state index contributed by atoms with van der Waals surface area (Å²) in [4.78, 5) is 49.8. The molecule has 1 aromatic carbocycles. The van der Waals surface area contributed by atoms with Gasteiger partial charge in [0, 0.05) is 31.3 Å². The molecule has 1 aliphatic carbocycles. The van der Waals surface area contributed by atoms with E-state index in [-0.39, 0.29) is 44.8 Å². The Morgan fingerprint density at radius 2 is 1.69 bits per heavy atom. The lowest BCUT2D eigenvalue weighted by atomic mass is 9.91. The van der Waals surface area contributed by atoms with Crippen LogP contribution in [-0.4, -0.2) is 39.9 Å². The molecule has 3 aromatic heterocycles. The molecule has 4 aromatic rings. The van der Waals surface area contributed by atoms with E-state index in [1.807, 2.05) is 37.3 Å². The maximum absolute atomic E-state index is 13.5. The van der Waals surface area contributed by atoms with Crippen LogP contribution in [0.15, 0.2) is 54.9 Å². The number of nitrogens with one attached hydrogen (secondary N) is 3. The highest BCUT2D eigenvalue weighted by Gasteiger charge is 2.34. The quantitative estimate of drug-likeness (QED) is 0.224. The van der Waals surface area contributed by atoms with E-state index >= 15 is 0 Å². The van der Waals surface area contributed by atoms with Crippen LogP contribution in [0.3, 0.4) is 0 Å². The molecule has 4 amide bonds. The zero-order valence-electron chi connectivity index (χ0n) is 22.1. The molecular weight excluding hydrogens is 552 g/mol. The number of hydrogen-bond acceptors (Lipinski definition) is 7. The van der Waals surface area contributed by atoms with Crippen molar-refractivity contribution < 1.29 is 19.1 Å². The van der Waals surface area contributed by atoms with Crippen LogP contribution < -0.4 is 25.6 Å². The standard InChI is InChI=1S/C29H28N6O4S.2CH4/c1-16-14-23(39-20-6-4-3-5-7-20)31-15-22(16)35-21-12-13-30-28-24(21)25(34-29(35)38)26(40-28)27(37)33-19-10-8-18(9-11-19)32-17(2)36;;/h3-7,12-15,18-19H,8-11H2,1-2H3,(H,32,36)(H,33,37)(H,34,38);2*1H4. The number of hydrogen-bond donors (Lipinski definition) is 3. The van der Waals surface area contributed by atoms with E-state index in [4.69, 9.17) is 4.74 Å². The molecule has 0 saturated heterocycles. The molecule has 1 saturated carbocycles. The molecule has 1 aliphatic heterocycles. The lowest BCUT2D eigenvalue weighted by molar-refractivity contribution is -0.119. The van der Waals surface area contributed by atoms with Gasteiger partial charge in [-0.3, -0.25) is 14.5 Å². The number of thiophene rings is 1. The van der Waals surface area contributed by atoms with E-state index in [0.717, 1.165) is 36.6 Å². The van der Waals surface area contributed by atoms with E-state index in [1.165, 1.54) is 18.3 Å². The lowest BCUT2D eigenvalue weighted by Gasteiger charge is -2.30. The summed E-state index contributed by atoms with van der Waals surface area (Å²) < 4.78 is 5.86. The van der Waals surface area contributed by atoms with Gasteiger partial charge in [0.25, 0.3) is 5.91 Å². The Labute approximate surface area is 249 Å². The summed E-state index contributed by atoms with van der Waals surface area (Å²) in [6.45, 7) is 3.41. The predicted molar refractivity (Wildman–Crippen MR) is 167 cm³/mol. The number of benzene rings is 1. The van der Waals surface area contributed by atoms with Gasteiger partial charge in [-0.2, -0.15) is 0 Å². The van der Waals surface area contributed by atoms with E-state index in [1.54, 1.807) is 29.4 Å². The largest absolute Gasteiger partial charge is 0.439 e. The van der Waals surface area contributed by atoms with Crippen LogP contribution in [0.5, 0.6) is 11.6 Å². The Bertz CT molecular complexity index is 1610. The topological polar surface area (TPSA) is 126 Å². The molecule has 0 spiro atoms. The molecule has 11 heteroatoms. The number of nitrogens with zero attached hydrogens (tertiary/aromatic N) is 3. The number of aromatic nitrogens is 2. The van der Waals surface area contributed by atoms with Gasteiger partial charge in [0.1, 0.15) is 15.5 Å². The maximum atomic E-state index is 13.5. The Morgan fingerprint density at radius 1 is 1.00 bits per heavy atom. The highest BCUT2D eigenvalue weighted by molar-refractivity contribution is 7.21. The van der Waals surface area contributed by atoms with Gasteiger partial charge >= 0.3 is 6.03 Å².